The van der Waals surface area contributed by atoms with E-state index in [2.05, 4.69) is 21.5 Å². The molecule has 1 N–H and O–H groups in total. The lowest BCUT2D eigenvalue weighted by molar-refractivity contribution is 0.298. The molecular weight excluding hydrogens is 178 g/mol. The molecule has 0 saturated heterocycles. The van der Waals surface area contributed by atoms with Crippen molar-refractivity contribution in [3.63, 3.8) is 0 Å². The molecule has 2 rings (SSSR count). The maximum atomic E-state index is 5.31. The van der Waals surface area contributed by atoms with Crippen molar-refractivity contribution in [2.75, 3.05) is 6.61 Å². The molecule has 0 spiro atoms. The molecule has 2 aromatic rings. The second-order valence-electron chi connectivity index (χ2n) is 2.82. The molecule has 0 radical (unpaired) electrons. The van der Waals surface area contributed by atoms with Gasteiger partial charge in [-0.3, -0.25) is 0 Å². The summed E-state index contributed by atoms with van der Waals surface area (Å²) in [7, 11) is 0. The van der Waals surface area contributed by atoms with E-state index in [0.29, 0.717) is 12.4 Å². The molecule has 0 unspecified atom stereocenters. The number of hydrogen-bond donors (Lipinski definition) is 1. The van der Waals surface area contributed by atoms with Gasteiger partial charge in [0.05, 0.1) is 6.61 Å². The monoisotopic (exact) mass is 189 g/mol. The van der Waals surface area contributed by atoms with Crippen LogP contribution in [0, 0.1) is 0 Å². The molecule has 0 amide bonds. The molecule has 0 aromatic carbocycles. The van der Waals surface area contributed by atoms with Gasteiger partial charge in [-0.05, 0) is 13.0 Å². The lowest BCUT2D eigenvalue weighted by Crippen LogP contribution is -1.94. The van der Waals surface area contributed by atoms with Crippen molar-refractivity contribution in [3.8, 4) is 0 Å². The van der Waals surface area contributed by atoms with E-state index in [9.17, 15) is 0 Å². The Morgan fingerprint density at radius 1 is 1.57 bits per heavy atom. The summed E-state index contributed by atoms with van der Waals surface area (Å²) in [5.41, 5.74) is 1.55. The highest BCUT2D eigenvalue weighted by Crippen LogP contribution is 2.19. The van der Waals surface area contributed by atoms with Crippen molar-refractivity contribution in [2.24, 2.45) is 0 Å². The SMILES string of the molecule is C=C(OCC)c1ncnc2[nH]ccc12. The molecule has 0 fully saturated rings. The second-order valence-corrected chi connectivity index (χ2v) is 2.82. The van der Waals surface area contributed by atoms with Gasteiger partial charge in [-0.2, -0.15) is 0 Å². The minimum absolute atomic E-state index is 0.583. The molecule has 2 aromatic heterocycles. The van der Waals surface area contributed by atoms with Crippen molar-refractivity contribution in [2.45, 2.75) is 6.92 Å². The average molecular weight is 189 g/mol. The van der Waals surface area contributed by atoms with E-state index in [1.54, 1.807) is 0 Å². The number of rotatable bonds is 3. The van der Waals surface area contributed by atoms with Crippen LogP contribution in [0.4, 0.5) is 0 Å². The lowest BCUT2D eigenvalue weighted by Gasteiger charge is -2.05. The first-order chi connectivity index (χ1) is 6.83. The quantitative estimate of drug-likeness (QED) is 0.751. The smallest absolute Gasteiger partial charge is 0.141 e. The van der Waals surface area contributed by atoms with Crippen molar-refractivity contribution in [1.82, 2.24) is 15.0 Å². The molecule has 72 valence electrons. The molecule has 14 heavy (non-hydrogen) atoms. The first-order valence-corrected chi connectivity index (χ1v) is 4.43. The number of hydrogen-bond acceptors (Lipinski definition) is 3. The molecule has 4 nitrogen and oxygen atoms in total. The standard InChI is InChI=1S/C10H11N3O/c1-3-14-7(2)9-8-4-5-11-10(8)13-6-12-9/h4-6H,2-3H2,1H3,(H,11,12,13). The van der Waals surface area contributed by atoms with Gasteiger partial charge in [0.1, 0.15) is 23.4 Å². The van der Waals surface area contributed by atoms with Crippen LogP contribution in [-0.2, 0) is 4.74 Å². The van der Waals surface area contributed by atoms with Gasteiger partial charge >= 0.3 is 0 Å². The zero-order chi connectivity index (χ0) is 9.97. The third-order valence-electron chi connectivity index (χ3n) is 1.94. The van der Waals surface area contributed by atoms with E-state index in [0.717, 1.165) is 16.7 Å². The summed E-state index contributed by atoms with van der Waals surface area (Å²) in [6, 6.07) is 1.91. The Morgan fingerprint density at radius 2 is 2.43 bits per heavy atom. The number of aromatic nitrogens is 3. The predicted molar refractivity (Wildman–Crippen MR) is 54.5 cm³/mol. The van der Waals surface area contributed by atoms with Gasteiger partial charge in [0.2, 0.25) is 0 Å². The zero-order valence-corrected chi connectivity index (χ0v) is 7.95. The van der Waals surface area contributed by atoms with Crippen LogP contribution >= 0.6 is 0 Å². The summed E-state index contributed by atoms with van der Waals surface area (Å²) in [6.45, 7) is 6.33. The van der Waals surface area contributed by atoms with Crippen LogP contribution in [0.15, 0.2) is 25.2 Å². The molecule has 0 aliphatic carbocycles. The number of nitrogens with zero attached hydrogens (tertiary/aromatic N) is 2. The van der Waals surface area contributed by atoms with Gasteiger partial charge in [0.25, 0.3) is 0 Å². The second kappa shape index (κ2) is 3.49. The molecule has 0 bridgehead atoms. The molecule has 4 heteroatoms. The number of H-pyrrole nitrogens is 1. The highest BCUT2D eigenvalue weighted by Gasteiger charge is 2.07. The zero-order valence-electron chi connectivity index (χ0n) is 7.95. The Morgan fingerprint density at radius 3 is 3.21 bits per heavy atom. The highest BCUT2D eigenvalue weighted by molar-refractivity contribution is 5.85. The van der Waals surface area contributed by atoms with E-state index in [1.165, 1.54) is 6.33 Å². The number of ether oxygens (including phenoxy) is 1. The highest BCUT2D eigenvalue weighted by atomic mass is 16.5. The molecule has 2 heterocycles. The van der Waals surface area contributed by atoms with Gasteiger partial charge in [-0.15, -0.1) is 0 Å². The molecular formula is C10H11N3O. The summed E-state index contributed by atoms with van der Waals surface area (Å²) in [4.78, 5) is 11.2. The van der Waals surface area contributed by atoms with E-state index in [4.69, 9.17) is 4.74 Å². The van der Waals surface area contributed by atoms with Crippen LogP contribution in [0.3, 0.4) is 0 Å². The van der Waals surface area contributed by atoms with Crippen LogP contribution in [0.1, 0.15) is 12.6 Å². The fourth-order valence-corrected chi connectivity index (χ4v) is 1.34. The summed E-state index contributed by atoms with van der Waals surface area (Å²) in [6.07, 6.45) is 3.32. The van der Waals surface area contributed by atoms with Crippen molar-refractivity contribution >= 4 is 16.8 Å². The number of nitrogens with one attached hydrogen (secondary N) is 1. The van der Waals surface area contributed by atoms with Crippen LogP contribution in [0.25, 0.3) is 16.8 Å². The minimum Gasteiger partial charge on any atom is -0.492 e. The maximum absolute atomic E-state index is 5.31. The van der Waals surface area contributed by atoms with Gasteiger partial charge in [0.15, 0.2) is 0 Å². The van der Waals surface area contributed by atoms with Gasteiger partial charge in [-0.25, -0.2) is 9.97 Å². The van der Waals surface area contributed by atoms with Crippen molar-refractivity contribution in [3.05, 3.63) is 30.9 Å². The Labute approximate surface area is 81.6 Å². The van der Waals surface area contributed by atoms with Gasteiger partial charge < -0.3 is 9.72 Å². The Hall–Kier alpha value is -1.84. The topological polar surface area (TPSA) is 50.8 Å². The summed E-state index contributed by atoms with van der Waals surface area (Å²) in [5.74, 6) is 0.583. The lowest BCUT2D eigenvalue weighted by atomic mass is 10.2. The first kappa shape index (κ1) is 8.74. The van der Waals surface area contributed by atoms with Gasteiger partial charge in [-0.1, -0.05) is 6.58 Å². The van der Waals surface area contributed by atoms with E-state index >= 15 is 0 Å². The summed E-state index contributed by atoms with van der Waals surface area (Å²) >= 11 is 0. The third-order valence-corrected chi connectivity index (χ3v) is 1.94. The minimum atomic E-state index is 0.583. The molecule has 0 saturated carbocycles. The molecule has 0 atom stereocenters. The van der Waals surface area contributed by atoms with Crippen LogP contribution in [-0.4, -0.2) is 21.6 Å². The average Bonchev–Trinajstić information content (AvgIpc) is 2.65. The van der Waals surface area contributed by atoms with Crippen LogP contribution in [0.2, 0.25) is 0 Å². The fraction of sp³-hybridized carbons (Fsp3) is 0.200. The van der Waals surface area contributed by atoms with E-state index in [1.807, 2.05) is 19.2 Å². The normalized spacial score (nSPS) is 10.4. The van der Waals surface area contributed by atoms with Crippen molar-refractivity contribution in [1.29, 1.82) is 0 Å². The number of aromatic amines is 1. The summed E-state index contributed by atoms with van der Waals surface area (Å²) in [5, 5.41) is 0.936. The summed E-state index contributed by atoms with van der Waals surface area (Å²) < 4.78 is 5.31. The fourth-order valence-electron chi connectivity index (χ4n) is 1.34. The Bertz CT molecular complexity index is 461. The Kier molecular flexibility index (Phi) is 2.18. The maximum Gasteiger partial charge on any atom is 0.141 e. The van der Waals surface area contributed by atoms with Crippen LogP contribution < -0.4 is 0 Å². The third kappa shape index (κ3) is 1.35. The van der Waals surface area contributed by atoms with Crippen molar-refractivity contribution < 1.29 is 4.74 Å². The Balaban J connectivity index is 2.50. The first-order valence-electron chi connectivity index (χ1n) is 4.43. The predicted octanol–water partition coefficient (Wildman–Crippen LogP) is 1.97. The molecule has 0 aliphatic rings. The molecule has 0 aliphatic heterocycles. The largest absolute Gasteiger partial charge is 0.492 e. The van der Waals surface area contributed by atoms with E-state index < -0.39 is 0 Å². The van der Waals surface area contributed by atoms with Gasteiger partial charge in [0, 0.05) is 11.6 Å². The van der Waals surface area contributed by atoms with Crippen LogP contribution in [0.5, 0.6) is 0 Å². The van der Waals surface area contributed by atoms with E-state index in [-0.39, 0.29) is 0 Å². The number of fused-ring (bicyclic) bond motifs is 1.